The molecule has 2 fully saturated rings. The molecular formula is C12H14ClN5O4P+. The molecule has 2 aliphatic carbocycles. The number of hydrogen-bond donors (Lipinski definition) is 3. The van der Waals surface area contributed by atoms with Gasteiger partial charge in [-0.05, 0) is 28.5 Å². The number of aliphatic hydroxyl groups excluding tert-OH is 2. The molecule has 0 aromatic carbocycles. The molecule has 6 atom stereocenters. The van der Waals surface area contributed by atoms with E-state index in [1.807, 2.05) is 0 Å². The molecule has 0 spiro atoms. The van der Waals surface area contributed by atoms with Gasteiger partial charge in [-0.25, -0.2) is 4.98 Å². The lowest BCUT2D eigenvalue weighted by Gasteiger charge is -2.23. The van der Waals surface area contributed by atoms with Crippen molar-refractivity contribution in [3.05, 3.63) is 11.6 Å². The minimum Gasteiger partial charge on any atom is -0.390 e. The lowest BCUT2D eigenvalue weighted by molar-refractivity contribution is -0.0264. The van der Waals surface area contributed by atoms with Crippen molar-refractivity contribution in [2.24, 2.45) is 11.3 Å². The maximum absolute atomic E-state index is 10.6. The van der Waals surface area contributed by atoms with Crippen LogP contribution >= 0.6 is 20.3 Å². The second-order valence-corrected chi connectivity index (χ2v) is 6.84. The molecule has 2 aromatic rings. The third-order valence-electron chi connectivity index (χ3n) is 5.00. The van der Waals surface area contributed by atoms with E-state index in [4.69, 9.17) is 21.9 Å². The molecule has 4 rings (SSSR count). The molecule has 0 saturated heterocycles. The van der Waals surface area contributed by atoms with Crippen molar-refractivity contribution < 1.29 is 19.3 Å². The van der Waals surface area contributed by atoms with Crippen molar-refractivity contribution in [1.82, 2.24) is 19.5 Å². The van der Waals surface area contributed by atoms with E-state index in [-0.39, 0.29) is 23.6 Å². The van der Waals surface area contributed by atoms with Crippen molar-refractivity contribution in [3.63, 3.8) is 0 Å². The van der Waals surface area contributed by atoms with Crippen LogP contribution in [0.5, 0.6) is 0 Å². The van der Waals surface area contributed by atoms with E-state index in [2.05, 4.69) is 15.0 Å². The third kappa shape index (κ3) is 2.01. The fourth-order valence-corrected chi connectivity index (χ4v) is 4.32. The van der Waals surface area contributed by atoms with E-state index in [0.29, 0.717) is 17.6 Å². The molecule has 11 heteroatoms. The summed E-state index contributed by atoms with van der Waals surface area (Å²) in [7, 11) is -0.897. The fraction of sp³-hybridized carbons (Fsp3) is 0.583. The predicted molar refractivity (Wildman–Crippen MR) is 81.3 cm³/mol. The first-order valence-electron chi connectivity index (χ1n) is 7.00. The average Bonchev–Trinajstić information content (AvgIpc) is 3.01. The maximum atomic E-state index is 10.6. The van der Waals surface area contributed by atoms with Crippen LogP contribution in [0, 0.1) is 11.3 Å². The van der Waals surface area contributed by atoms with Crippen molar-refractivity contribution in [2.45, 2.75) is 24.7 Å². The fourth-order valence-electron chi connectivity index (χ4n) is 3.82. The molecule has 9 nitrogen and oxygen atoms in total. The summed E-state index contributed by atoms with van der Waals surface area (Å²) in [6, 6.07) is -0.432. The summed E-state index contributed by atoms with van der Waals surface area (Å²) in [6.45, 7) is 0.138. The third-order valence-corrected chi connectivity index (χ3v) is 5.43. The van der Waals surface area contributed by atoms with Crippen LogP contribution in [0.2, 0.25) is 5.28 Å². The number of halogens is 1. The van der Waals surface area contributed by atoms with Crippen molar-refractivity contribution in [2.75, 3.05) is 12.3 Å². The summed E-state index contributed by atoms with van der Waals surface area (Å²) < 4.78 is 17.3. The number of anilines is 1. The van der Waals surface area contributed by atoms with Crippen LogP contribution in [0.1, 0.15) is 12.5 Å². The molecule has 0 aliphatic heterocycles. The average molecular weight is 359 g/mol. The highest BCUT2D eigenvalue weighted by Gasteiger charge is 2.72. The Morgan fingerprint density at radius 3 is 3.04 bits per heavy atom. The molecule has 2 heterocycles. The second kappa shape index (κ2) is 5.06. The van der Waals surface area contributed by atoms with E-state index in [9.17, 15) is 14.8 Å². The minimum absolute atomic E-state index is 0.0114. The van der Waals surface area contributed by atoms with Gasteiger partial charge in [-0.3, -0.25) is 0 Å². The molecule has 2 aromatic heterocycles. The molecule has 122 valence electrons. The summed E-state index contributed by atoms with van der Waals surface area (Å²) in [6.07, 6.45) is 0.187. The number of imidazole rings is 1. The Morgan fingerprint density at radius 2 is 2.30 bits per heavy atom. The summed E-state index contributed by atoms with van der Waals surface area (Å²) in [5.74, 6) is 0.126. The first-order chi connectivity index (χ1) is 11.0. The van der Waals surface area contributed by atoms with E-state index in [0.717, 1.165) is 0 Å². The zero-order chi connectivity index (χ0) is 16.4. The molecule has 0 radical (unpaired) electrons. The van der Waals surface area contributed by atoms with Gasteiger partial charge in [0.25, 0.3) is 0 Å². The lowest BCUT2D eigenvalue weighted by Crippen LogP contribution is -2.35. The van der Waals surface area contributed by atoms with Gasteiger partial charge in [0.15, 0.2) is 11.5 Å². The zero-order valence-electron chi connectivity index (χ0n) is 11.8. The number of nitrogens with two attached hydrogens (primary N) is 1. The molecule has 23 heavy (non-hydrogen) atoms. The van der Waals surface area contributed by atoms with Gasteiger partial charge in [-0.15, -0.1) is 4.52 Å². The SMILES string of the molecule is Nc1nc(Cl)nc2c1ncn2C1C(O)C(O)C2(CO[PH+]=O)CC12. The smallest absolute Gasteiger partial charge is 0.390 e. The monoisotopic (exact) mass is 358 g/mol. The highest BCUT2D eigenvalue weighted by Crippen LogP contribution is 2.68. The number of aliphatic hydroxyl groups is 2. The van der Waals surface area contributed by atoms with Crippen LogP contribution in [0.3, 0.4) is 0 Å². The largest absolute Gasteiger partial charge is 0.494 e. The topological polar surface area (TPSA) is 136 Å². The van der Waals surface area contributed by atoms with Gasteiger partial charge < -0.3 is 20.5 Å². The van der Waals surface area contributed by atoms with Gasteiger partial charge in [-0.1, -0.05) is 0 Å². The molecular weight excluding hydrogens is 345 g/mol. The van der Waals surface area contributed by atoms with Crippen molar-refractivity contribution >= 4 is 37.3 Å². The van der Waals surface area contributed by atoms with E-state index >= 15 is 0 Å². The molecule has 2 aliphatic rings. The van der Waals surface area contributed by atoms with Gasteiger partial charge in [0, 0.05) is 5.41 Å². The molecule has 0 bridgehead atoms. The predicted octanol–water partition coefficient (Wildman–Crippen LogP) is 0.300. The number of nitrogens with zero attached hydrogens (tertiary/aromatic N) is 4. The zero-order valence-corrected chi connectivity index (χ0v) is 13.5. The Labute approximate surface area is 136 Å². The Morgan fingerprint density at radius 1 is 1.52 bits per heavy atom. The number of nitrogen functional groups attached to an aromatic ring is 1. The summed E-state index contributed by atoms with van der Waals surface area (Å²) in [5, 5.41) is 20.8. The highest BCUT2D eigenvalue weighted by molar-refractivity contribution is 7.17. The van der Waals surface area contributed by atoms with Crippen LogP contribution in [0.15, 0.2) is 6.33 Å². The Bertz CT molecular complexity index is 803. The van der Waals surface area contributed by atoms with Crippen LogP contribution in [0.4, 0.5) is 5.82 Å². The summed E-state index contributed by atoms with van der Waals surface area (Å²) >= 11 is 5.86. The van der Waals surface area contributed by atoms with Crippen LogP contribution in [0.25, 0.3) is 11.2 Å². The van der Waals surface area contributed by atoms with Crippen LogP contribution < -0.4 is 5.73 Å². The molecule has 0 amide bonds. The first kappa shape index (κ1) is 15.2. The van der Waals surface area contributed by atoms with Crippen molar-refractivity contribution in [1.29, 1.82) is 0 Å². The second-order valence-electron chi connectivity index (χ2n) is 6.04. The first-order valence-corrected chi connectivity index (χ1v) is 8.19. The summed E-state index contributed by atoms with van der Waals surface area (Å²) in [5.41, 5.74) is 6.01. The maximum Gasteiger partial charge on any atom is 0.494 e. The molecule has 2 saturated carbocycles. The van der Waals surface area contributed by atoms with E-state index in [1.165, 1.54) is 6.33 Å². The molecule has 6 unspecified atom stereocenters. The molecule has 4 N–H and O–H groups in total. The standard InChI is InChI=1S/C12H14ClN5O4P/c13-11-16-9(14)5-10(17-11)18(3-15-5)6-4-1-12(4,2-22-23-21)8(20)7(6)19/h3-4,6-8,19-20,23H,1-2H2,(H2,14,16,17)/q+1. The Kier molecular flexibility index (Phi) is 3.33. The van der Waals surface area contributed by atoms with Gasteiger partial charge in [-0.2, -0.15) is 9.97 Å². The highest BCUT2D eigenvalue weighted by atomic mass is 35.5. The Balaban J connectivity index is 1.76. The number of fused-ring (bicyclic) bond motifs is 2. The van der Waals surface area contributed by atoms with Gasteiger partial charge in [0.1, 0.15) is 18.2 Å². The normalized spacial score (nSPS) is 35.8. The van der Waals surface area contributed by atoms with Gasteiger partial charge in [0.05, 0.1) is 18.5 Å². The van der Waals surface area contributed by atoms with E-state index in [1.54, 1.807) is 4.57 Å². The minimum atomic E-state index is -1.01. The Hall–Kier alpha value is -1.38. The van der Waals surface area contributed by atoms with Gasteiger partial charge in [0.2, 0.25) is 5.28 Å². The van der Waals surface area contributed by atoms with Gasteiger partial charge >= 0.3 is 8.69 Å². The van der Waals surface area contributed by atoms with E-state index < -0.39 is 32.4 Å². The number of aromatic nitrogens is 4. The lowest BCUT2D eigenvalue weighted by atomic mass is 10.0. The number of hydrogen-bond acceptors (Lipinski definition) is 8. The quantitative estimate of drug-likeness (QED) is 0.524. The number of rotatable bonds is 4. The summed E-state index contributed by atoms with van der Waals surface area (Å²) in [4.78, 5) is 12.2. The van der Waals surface area contributed by atoms with Crippen LogP contribution in [-0.4, -0.2) is 48.5 Å². The van der Waals surface area contributed by atoms with Crippen LogP contribution in [-0.2, 0) is 9.09 Å². The van der Waals surface area contributed by atoms with Crippen molar-refractivity contribution in [3.8, 4) is 0 Å².